The number of benzene rings is 1. The summed E-state index contributed by atoms with van der Waals surface area (Å²) in [6.07, 6.45) is 2.26. The van der Waals surface area contributed by atoms with Crippen LogP contribution in [-0.2, 0) is 17.8 Å². The van der Waals surface area contributed by atoms with Gasteiger partial charge in [-0.25, -0.2) is 0 Å². The topological polar surface area (TPSA) is 71.8 Å². The van der Waals surface area contributed by atoms with Crippen molar-refractivity contribution < 1.29 is 13.9 Å². The summed E-state index contributed by atoms with van der Waals surface area (Å²) in [7, 11) is 0. The Morgan fingerprint density at radius 3 is 2.78 bits per heavy atom. The maximum absolute atomic E-state index is 12.3. The van der Waals surface area contributed by atoms with Gasteiger partial charge in [0.1, 0.15) is 12.0 Å². The van der Waals surface area contributed by atoms with Gasteiger partial charge >= 0.3 is 0 Å². The summed E-state index contributed by atoms with van der Waals surface area (Å²) in [5.41, 5.74) is 1.83. The second-order valence-corrected chi connectivity index (χ2v) is 7.97. The van der Waals surface area contributed by atoms with Gasteiger partial charge in [0.05, 0.1) is 6.54 Å². The van der Waals surface area contributed by atoms with Crippen LogP contribution in [-0.4, -0.2) is 24.1 Å². The van der Waals surface area contributed by atoms with E-state index in [1.54, 1.807) is 0 Å². The van der Waals surface area contributed by atoms with E-state index >= 15 is 0 Å². The van der Waals surface area contributed by atoms with Gasteiger partial charge in [-0.1, -0.05) is 18.2 Å². The molecule has 1 aromatic heterocycles. The SMILES string of the molecule is C[C@H]1Cc2ccccc2N1Cc1cc(=O)c(OCC(=O)NC(C)(C)C)co1. The first-order valence-corrected chi connectivity index (χ1v) is 9.13. The molecule has 0 bridgehead atoms. The lowest BCUT2D eigenvalue weighted by molar-refractivity contribution is -0.124. The third-order valence-electron chi connectivity index (χ3n) is 4.40. The van der Waals surface area contributed by atoms with Crippen molar-refractivity contribution in [2.45, 2.75) is 52.2 Å². The summed E-state index contributed by atoms with van der Waals surface area (Å²) in [6.45, 7) is 8.09. The smallest absolute Gasteiger partial charge is 0.258 e. The summed E-state index contributed by atoms with van der Waals surface area (Å²) >= 11 is 0. The fraction of sp³-hybridized carbons (Fsp3) is 0.429. The molecule has 144 valence electrons. The first-order valence-electron chi connectivity index (χ1n) is 9.13. The maximum Gasteiger partial charge on any atom is 0.258 e. The number of para-hydroxylation sites is 1. The van der Waals surface area contributed by atoms with Crippen LogP contribution in [0.3, 0.4) is 0 Å². The molecule has 2 heterocycles. The summed E-state index contributed by atoms with van der Waals surface area (Å²) in [6, 6.07) is 10.0. The van der Waals surface area contributed by atoms with Crippen molar-refractivity contribution in [2.75, 3.05) is 11.5 Å². The molecule has 1 amide bonds. The van der Waals surface area contributed by atoms with E-state index < -0.39 is 0 Å². The number of hydrogen-bond acceptors (Lipinski definition) is 5. The quantitative estimate of drug-likeness (QED) is 0.876. The zero-order valence-electron chi connectivity index (χ0n) is 16.2. The Kier molecular flexibility index (Phi) is 5.26. The van der Waals surface area contributed by atoms with E-state index in [0.717, 1.165) is 6.42 Å². The molecule has 0 unspecified atom stereocenters. The van der Waals surface area contributed by atoms with Gasteiger partial charge in [0.25, 0.3) is 5.91 Å². The van der Waals surface area contributed by atoms with E-state index in [4.69, 9.17) is 9.15 Å². The Hall–Kier alpha value is -2.76. The number of amides is 1. The zero-order valence-corrected chi connectivity index (χ0v) is 16.2. The van der Waals surface area contributed by atoms with Crippen LogP contribution in [0.1, 0.15) is 39.0 Å². The molecule has 3 rings (SSSR count). The monoisotopic (exact) mass is 370 g/mol. The Labute approximate surface area is 159 Å². The van der Waals surface area contributed by atoms with E-state index in [1.807, 2.05) is 32.9 Å². The average Bonchev–Trinajstić information content (AvgIpc) is 2.88. The molecule has 0 aliphatic carbocycles. The van der Waals surface area contributed by atoms with E-state index in [1.165, 1.54) is 23.6 Å². The lowest BCUT2D eigenvalue weighted by Crippen LogP contribution is -2.43. The van der Waals surface area contributed by atoms with Gasteiger partial charge < -0.3 is 19.4 Å². The van der Waals surface area contributed by atoms with Crippen molar-refractivity contribution in [1.29, 1.82) is 0 Å². The Morgan fingerprint density at radius 1 is 1.33 bits per heavy atom. The van der Waals surface area contributed by atoms with Crippen molar-refractivity contribution in [3.8, 4) is 5.75 Å². The molecule has 1 N–H and O–H groups in total. The normalized spacial score (nSPS) is 16.1. The van der Waals surface area contributed by atoms with Crippen molar-refractivity contribution in [2.24, 2.45) is 0 Å². The van der Waals surface area contributed by atoms with Crippen LogP contribution in [0.2, 0.25) is 0 Å². The summed E-state index contributed by atoms with van der Waals surface area (Å²) in [5.74, 6) is 0.321. The molecule has 27 heavy (non-hydrogen) atoms. The molecule has 6 nitrogen and oxygen atoms in total. The number of hydrogen-bond donors (Lipinski definition) is 1. The largest absolute Gasteiger partial charge is 0.477 e. The number of carbonyl (C=O) groups is 1. The third-order valence-corrected chi connectivity index (χ3v) is 4.40. The number of anilines is 1. The van der Waals surface area contributed by atoms with Crippen LogP contribution >= 0.6 is 0 Å². The molecule has 1 aliphatic rings. The van der Waals surface area contributed by atoms with Crippen molar-refractivity contribution >= 4 is 11.6 Å². The number of fused-ring (bicyclic) bond motifs is 1. The maximum atomic E-state index is 12.3. The summed E-state index contributed by atoms with van der Waals surface area (Å²) < 4.78 is 10.9. The molecule has 0 spiro atoms. The van der Waals surface area contributed by atoms with Crippen LogP contribution in [0.5, 0.6) is 5.75 Å². The molecular formula is C21H26N2O4. The van der Waals surface area contributed by atoms with Crippen molar-refractivity contribution in [3.05, 3.63) is 58.1 Å². The van der Waals surface area contributed by atoms with Crippen LogP contribution in [0.4, 0.5) is 5.69 Å². The zero-order chi connectivity index (χ0) is 19.6. The second-order valence-electron chi connectivity index (χ2n) is 7.97. The van der Waals surface area contributed by atoms with Crippen LogP contribution in [0.15, 0.2) is 45.8 Å². The summed E-state index contributed by atoms with van der Waals surface area (Å²) in [4.78, 5) is 26.3. The van der Waals surface area contributed by atoms with Crippen LogP contribution in [0, 0.1) is 0 Å². The lowest BCUT2D eigenvalue weighted by atomic mass is 10.1. The van der Waals surface area contributed by atoms with E-state index in [9.17, 15) is 9.59 Å². The van der Waals surface area contributed by atoms with Gasteiger partial charge in [-0.05, 0) is 45.7 Å². The highest BCUT2D eigenvalue weighted by atomic mass is 16.5. The third kappa shape index (κ3) is 4.70. The minimum Gasteiger partial charge on any atom is -0.477 e. The predicted octanol–water partition coefficient (Wildman–Crippen LogP) is 2.88. The minimum atomic E-state index is -0.350. The molecule has 2 aromatic rings. The second kappa shape index (κ2) is 7.47. The molecule has 0 radical (unpaired) electrons. The lowest BCUT2D eigenvalue weighted by Gasteiger charge is -2.24. The van der Waals surface area contributed by atoms with Gasteiger partial charge in [-0.2, -0.15) is 0 Å². The number of ether oxygens (including phenoxy) is 1. The van der Waals surface area contributed by atoms with Gasteiger partial charge in [-0.15, -0.1) is 0 Å². The Balaban J connectivity index is 1.65. The fourth-order valence-corrected chi connectivity index (χ4v) is 3.26. The highest BCUT2D eigenvalue weighted by molar-refractivity contribution is 5.78. The number of rotatable bonds is 5. The van der Waals surface area contributed by atoms with E-state index in [-0.39, 0.29) is 29.2 Å². The van der Waals surface area contributed by atoms with E-state index in [2.05, 4.69) is 29.3 Å². The van der Waals surface area contributed by atoms with Crippen molar-refractivity contribution in [1.82, 2.24) is 5.32 Å². The standard InChI is InChI=1S/C21H26N2O4/c1-14-9-15-7-5-6-8-17(15)23(14)11-16-10-18(24)19(12-26-16)27-13-20(25)22-21(2,3)4/h5-8,10,12,14H,9,11,13H2,1-4H3,(H,22,25)/t14-/m0/s1. The number of nitrogens with one attached hydrogen (secondary N) is 1. The molecule has 1 atom stereocenters. The van der Waals surface area contributed by atoms with Crippen LogP contribution in [0.25, 0.3) is 0 Å². The highest BCUT2D eigenvalue weighted by Crippen LogP contribution is 2.32. The molecular weight excluding hydrogens is 344 g/mol. The fourth-order valence-electron chi connectivity index (χ4n) is 3.26. The Bertz CT molecular complexity index is 882. The van der Waals surface area contributed by atoms with Gasteiger partial charge in [0.2, 0.25) is 11.2 Å². The predicted molar refractivity (Wildman–Crippen MR) is 104 cm³/mol. The minimum absolute atomic E-state index is 0.0395. The number of nitrogens with zero attached hydrogens (tertiary/aromatic N) is 1. The number of carbonyl (C=O) groups excluding carboxylic acids is 1. The van der Waals surface area contributed by atoms with Gasteiger partial charge in [0, 0.05) is 23.3 Å². The van der Waals surface area contributed by atoms with Crippen LogP contribution < -0.4 is 20.4 Å². The molecule has 0 saturated carbocycles. The first-order chi connectivity index (χ1) is 12.7. The molecule has 1 aromatic carbocycles. The highest BCUT2D eigenvalue weighted by Gasteiger charge is 2.26. The van der Waals surface area contributed by atoms with E-state index in [0.29, 0.717) is 18.3 Å². The van der Waals surface area contributed by atoms with Gasteiger partial charge in [0.15, 0.2) is 6.61 Å². The molecule has 0 fully saturated rings. The van der Waals surface area contributed by atoms with Crippen molar-refractivity contribution in [3.63, 3.8) is 0 Å². The molecule has 6 heteroatoms. The van der Waals surface area contributed by atoms with Gasteiger partial charge in [-0.3, -0.25) is 9.59 Å². The molecule has 0 saturated heterocycles. The summed E-state index contributed by atoms with van der Waals surface area (Å²) in [5, 5.41) is 2.78. The first kappa shape index (κ1) is 19.0. The molecule has 1 aliphatic heterocycles. The Morgan fingerprint density at radius 2 is 2.07 bits per heavy atom. The average molecular weight is 370 g/mol.